The maximum absolute atomic E-state index is 13.4. The lowest BCUT2D eigenvalue weighted by Crippen LogP contribution is -2.07. The van der Waals surface area contributed by atoms with Crippen molar-refractivity contribution in [2.75, 3.05) is 0 Å². The quantitative estimate of drug-likeness (QED) is 0.337. The number of rotatable bonds is 6. The van der Waals surface area contributed by atoms with Gasteiger partial charge in [0.15, 0.2) is 0 Å². The largest absolute Gasteiger partial charge is 0.372 e. The highest BCUT2D eigenvalue weighted by atomic mass is 19.1. The second kappa shape index (κ2) is 14.2. The van der Waals surface area contributed by atoms with Gasteiger partial charge in [-0.25, -0.2) is 4.39 Å². The monoisotopic (exact) mass is 458 g/mol. The van der Waals surface area contributed by atoms with Crippen LogP contribution in [0.5, 0.6) is 0 Å². The van der Waals surface area contributed by atoms with Crippen molar-refractivity contribution < 1.29 is 14.0 Å². The summed E-state index contributed by atoms with van der Waals surface area (Å²) in [5.74, 6) is 0.0726. The second-order valence-corrected chi connectivity index (χ2v) is 7.76. The number of nitrogens with two attached hydrogens (primary N) is 1. The van der Waals surface area contributed by atoms with Crippen molar-refractivity contribution in [1.82, 2.24) is 4.57 Å². The number of halogens is 1. The maximum Gasteiger partial charge on any atom is 0.204 e. The van der Waals surface area contributed by atoms with E-state index in [1.54, 1.807) is 12.1 Å². The molecule has 0 saturated carbocycles. The standard InChI is InChI=1S/C22H22FNO.C6H6.CH3NO/c1-16(2)21-15-20(17-7-4-3-5-8-17)22(24(21)13-6-14-25)18-9-11-19(23)12-10-18;1-2-4-6-5-3-1;2-1-3/h3-5,7-12,14-16H,6,13H2,1-2H3;1-6H;1H,(H2,2,3). The molecule has 3 aromatic carbocycles. The minimum absolute atomic E-state index is 0.250. The van der Waals surface area contributed by atoms with Gasteiger partial charge >= 0.3 is 0 Å². The molecule has 4 aromatic rings. The molecule has 0 aliphatic carbocycles. The van der Waals surface area contributed by atoms with Crippen LogP contribution >= 0.6 is 0 Å². The first-order valence-corrected chi connectivity index (χ1v) is 11.2. The van der Waals surface area contributed by atoms with Crippen molar-refractivity contribution in [1.29, 1.82) is 0 Å². The highest BCUT2D eigenvalue weighted by Gasteiger charge is 2.19. The van der Waals surface area contributed by atoms with Crippen LogP contribution in [0.1, 0.15) is 31.9 Å². The molecule has 0 atom stereocenters. The van der Waals surface area contributed by atoms with Gasteiger partial charge in [0.1, 0.15) is 12.1 Å². The van der Waals surface area contributed by atoms with Gasteiger partial charge in [0.2, 0.25) is 6.41 Å². The van der Waals surface area contributed by atoms with Crippen molar-refractivity contribution in [3.63, 3.8) is 0 Å². The lowest BCUT2D eigenvalue weighted by atomic mass is 10.0. The lowest BCUT2D eigenvalue weighted by molar-refractivity contribution is -0.108. The molecule has 0 spiro atoms. The maximum atomic E-state index is 13.4. The molecule has 0 aliphatic heterocycles. The first kappa shape index (κ1) is 26.3. The predicted molar refractivity (Wildman–Crippen MR) is 137 cm³/mol. The van der Waals surface area contributed by atoms with Gasteiger partial charge in [-0.2, -0.15) is 0 Å². The SMILES string of the molecule is CC(C)c1cc(-c2ccccc2)c(-c2ccc(F)cc2)n1CCC=O.NC=O.c1ccccc1. The summed E-state index contributed by atoms with van der Waals surface area (Å²) in [6, 6.07) is 31.0. The molecule has 0 bridgehead atoms. The summed E-state index contributed by atoms with van der Waals surface area (Å²) in [6.45, 7) is 4.92. The summed E-state index contributed by atoms with van der Waals surface area (Å²) in [7, 11) is 0. The Morgan fingerprint density at radius 3 is 1.79 bits per heavy atom. The second-order valence-electron chi connectivity index (χ2n) is 7.76. The summed E-state index contributed by atoms with van der Waals surface area (Å²) in [5.41, 5.74) is 9.57. The first-order chi connectivity index (χ1) is 16.5. The summed E-state index contributed by atoms with van der Waals surface area (Å²) >= 11 is 0. The Kier molecular flexibility index (Phi) is 11.0. The molecular weight excluding hydrogens is 427 g/mol. The van der Waals surface area contributed by atoms with Crippen LogP contribution in [0.15, 0.2) is 97.1 Å². The Morgan fingerprint density at radius 1 is 0.824 bits per heavy atom. The van der Waals surface area contributed by atoms with Gasteiger partial charge in [0.05, 0.1) is 5.69 Å². The van der Waals surface area contributed by atoms with Crippen molar-refractivity contribution in [2.45, 2.75) is 32.7 Å². The van der Waals surface area contributed by atoms with Crippen molar-refractivity contribution >= 4 is 12.7 Å². The van der Waals surface area contributed by atoms with E-state index in [-0.39, 0.29) is 12.2 Å². The van der Waals surface area contributed by atoms with Crippen LogP contribution in [0.25, 0.3) is 22.4 Å². The van der Waals surface area contributed by atoms with Gasteiger partial charge in [-0.1, -0.05) is 80.6 Å². The van der Waals surface area contributed by atoms with E-state index >= 15 is 0 Å². The fourth-order valence-electron chi connectivity index (χ4n) is 3.61. The molecule has 1 aromatic heterocycles. The van der Waals surface area contributed by atoms with Gasteiger partial charge in [-0.05, 0) is 47.4 Å². The van der Waals surface area contributed by atoms with Crippen molar-refractivity contribution in [3.05, 3.63) is 109 Å². The number of amides is 1. The third-order valence-electron chi connectivity index (χ3n) is 5.06. The van der Waals surface area contributed by atoms with Crippen LogP contribution in [0.3, 0.4) is 0 Å². The van der Waals surface area contributed by atoms with Crippen LogP contribution in [0.4, 0.5) is 4.39 Å². The number of hydrogen-bond donors (Lipinski definition) is 1. The third-order valence-corrected chi connectivity index (χ3v) is 5.06. The Balaban J connectivity index is 0.000000383. The smallest absolute Gasteiger partial charge is 0.204 e. The zero-order valence-corrected chi connectivity index (χ0v) is 19.6. The number of carbonyl (C=O) groups is 2. The van der Waals surface area contributed by atoms with E-state index in [9.17, 15) is 9.18 Å². The van der Waals surface area contributed by atoms with E-state index in [2.05, 4.69) is 42.3 Å². The van der Waals surface area contributed by atoms with Crippen LogP contribution in [0.2, 0.25) is 0 Å². The number of carbonyl (C=O) groups excluding carboxylic acids is 2. The first-order valence-electron chi connectivity index (χ1n) is 11.2. The topological polar surface area (TPSA) is 65.1 Å². The molecule has 1 amide bonds. The fourth-order valence-corrected chi connectivity index (χ4v) is 3.61. The number of aldehydes is 1. The molecular formula is C29H31FN2O2. The molecule has 1 heterocycles. The highest BCUT2D eigenvalue weighted by molar-refractivity contribution is 5.83. The van der Waals surface area contributed by atoms with E-state index in [1.807, 2.05) is 54.6 Å². The van der Waals surface area contributed by atoms with Gasteiger partial charge in [-0.3, -0.25) is 4.79 Å². The molecule has 0 aliphatic rings. The average molecular weight is 459 g/mol. The molecule has 2 N–H and O–H groups in total. The molecule has 4 rings (SSSR count). The van der Waals surface area contributed by atoms with Crippen molar-refractivity contribution in [3.8, 4) is 22.4 Å². The summed E-state index contributed by atoms with van der Waals surface area (Å²) in [5, 5.41) is 0. The number of hydrogen-bond acceptors (Lipinski definition) is 2. The van der Waals surface area contributed by atoms with Crippen LogP contribution in [-0.2, 0) is 16.1 Å². The molecule has 0 unspecified atom stereocenters. The van der Waals surface area contributed by atoms with E-state index in [0.29, 0.717) is 18.9 Å². The predicted octanol–water partition coefficient (Wildman–Crippen LogP) is 6.46. The average Bonchev–Trinajstić information content (AvgIpc) is 3.25. The van der Waals surface area contributed by atoms with E-state index in [4.69, 9.17) is 4.79 Å². The number of nitrogens with zero attached hydrogens (tertiary/aromatic N) is 1. The van der Waals surface area contributed by atoms with Gasteiger partial charge in [-0.15, -0.1) is 0 Å². The lowest BCUT2D eigenvalue weighted by Gasteiger charge is -2.15. The van der Waals surface area contributed by atoms with Crippen molar-refractivity contribution in [2.24, 2.45) is 5.73 Å². The Labute approximate surface area is 200 Å². The minimum Gasteiger partial charge on any atom is -0.372 e. The normalized spacial score (nSPS) is 9.88. The molecule has 34 heavy (non-hydrogen) atoms. The molecule has 0 radical (unpaired) electrons. The van der Waals surface area contributed by atoms with Gasteiger partial charge in [0.25, 0.3) is 0 Å². The van der Waals surface area contributed by atoms with Crippen LogP contribution in [-0.4, -0.2) is 17.3 Å². The van der Waals surface area contributed by atoms with E-state index in [1.165, 1.54) is 17.8 Å². The summed E-state index contributed by atoms with van der Waals surface area (Å²) in [6.07, 6.45) is 1.65. The molecule has 0 fully saturated rings. The molecule has 4 nitrogen and oxygen atoms in total. The molecule has 176 valence electrons. The molecule has 0 saturated heterocycles. The number of aromatic nitrogens is 1. The highest BCUT2D eigenvalue weighted by Crippen LogP contribution is 2.37. The summed E-state index contributed by atoms with van der Waals surface area (Å²) < 4.78 is 15.6. The zero-order chi connectivity index (χ0) is 24.8. The molecule has 5 heteroatoms. The van der Waals surface area contributed by atoms with E-state index < -0.39 is 0 Å². The Morgan fingerprint density at radius 2 is 1.32 bits per heavy atom. The third kappa shape index (κ3) is 7.55. The Bertz CT molecular complexity index is 1100. The fraction of sp³-hybridized carbons (Fsp3) is 0.172. The Hall–Kier alpha value is -3.99. The zero-order valence-electron chi connectivity index (χ0n) is 19.6. The summed E-state index contributed by atoms with van der Waals surface area (Å²) in [4.78, 5) is 19.5. The number of benzene rings is 3. The minimum atomic E-state index is -0.250. The van der Waals surface area contributed by atoms with Crippen LogP contribution in [0, 0.1) is 5.82 Å². The number of primary amides is 1. The van der Waals surface area contributed by atoms with E-state index in [0.717, 1.165) is 28.7 Å². The van der Waals surface area contributed by atoms with Gasteiger partial charge < -0.3 is 15.1 Å². The van der Waals surface area contributed by atoms with Gasteiger partial charge in [0, 0.05) is 24.2 Å². The van der Waals surface area contributed by atoms with Crippen LogP contribution < -0.4 is 5.73 Å².